The molecule has 18 heteroatoms. The van der Waals surface area contributed by atoms with Crippen LogP contribution < -0.4 is 11.5 Å². The summed E-state index contributed by atoms with van der Waals surface area (Å²) in [5.41, 5.74) is 11.7. The van der Waals surface area contributed by atoms with Crippen LogP contribution >= 0.6 is 0 Å². The van der Waals surface area contributed by atoms with Crippen LogP contribution in [0.25, 0.3) is 0 Å². The van der Waals surface area contributed by atoms with Gasteiger partial charge in [0.25, 0.3) is 0 Å². The number of aliphatic hydroxyl groups is 10. The number of cyclic esters (lactones) is 1. The number of fused-ring (bicyclic) bond motifs is 2. The van der Waals surface area contributed by atoms with Crippen molar-refractivity contribution in [3.8, 4) is 0 Å². The van der Waals surface area contributed by atoms with Gasteiger partial charge in [-0.3, -0.25) is 9.79 Å². The Hall–Kier alpha value is -3.53. The highest BCUT2D eigenvalue weighted by Crippen LogP contribution is 2.36. The number of esters is 2. The first-order valence-electron chi connectivity index (χ1n) is 29.0. The molecule has 0 radical (unpaired) electrons. The van der Waals surface area contributed by atoms with Gasteiger partial charge in [0.1, 0.15) is 18.3 Å². The number of allylic oxidation sites excluding steroid dienone is 6. The van der Waals surface area contributed by atoms with E-state index in [-0.39, 0.29) is 75.6 Å². The van der Waals surface area contributed by atoms with Crippen LogP contribution in [-0.4, -0.2) is 155 Å². The smallest absolute Gasteiger partial charge is 0.334 e. The number of carbonyl (C=O) groups excluding carboxylic acids is 2. The van der Waals surface area contributed by atoms with Crippen LogP contribution in [-0.2, 0) is 23.8 Å². The maximum Gasteiger partial charge on any atom is 0.334 e. The minimum atomic E-state index is -2.43. The fourth-order valence-corrected chi connectivity index (χ4v) is 10.1. The molecule has 2 heterocycles. The van der Waals surface area contributed by atoms with Crippen molar-refractivity contribution in [2.24, 2.45) is 52.0 Å². The molecule has 18 nitrogen and oxygen atoms in total. The summed E-state index contributed by atoms with van der Waals surface area (Å²) in [7, 11) is 0. The van der Waals surface area contributed by atoms with Crippen LogP contribution in [0.4, 0.5) is 0 Å². The van der Waals surface area contributed by atoms with Crippen LogP contribution in [0.15, 0.2) is 64.7 Å². The number of nitrogens with two attached hydrogens (primary N) is 2. The molecule has 78 heavy (non-hydrogen) atoms. The molecule has 1 fully saturated rings. The van der Waals surface area contributed by atoms with E-state index in [0.29, 0.717) is 30.0 Å². The molecule has 0 saturated carbocycles. The van der Waals surface area contributed by atoms with E-state index in [0.717, 1.165) is 44.9 Å². The second-order valence-corrected chi connectivity index (χ2v) is 23.4. The third kappa shape index (κ3) is 27.3. The first-order chi connectivity index (χ1) is 36.6. The SMILES string of the molecule is CC1=CC=CC(C)C(O)CC(O)C(C)C(O)CCC(C)C(O)CC2(O)OC(CC(OC(=O)CCCCC(C)C)CC(O)CC(O)CC(O)C(C)=CC=CC(C)C(C(C)CCCC=CCCCN=C(N)N)OC1=O)CC(O)C2O. The molecule has 2 bridgehead atoms. The van der Waals surface area contributed by atoms with Crippen LogP contribution in [0, 0.1) is 35.5 Å². The van der Waals surface area contributed by atoms with Crippen LogP contribution in [0.1, 0.15) is 178 Å². The van der Waals surface area contributed by atoms with E-state index in [1.807, 2.05) is 19.9 Å². The summed E-state index contributed by atoms with van der Waals surface area (Å²) in [6.07, 6.45) is 6.50. The predicted octanol–water partition coefficient (Wildman–Crippen LogP) is 5.85. The quantitative estimate of drug-likeness (QED) is 0.0301. The zero-order chi connectivity index (χ0) is 58.7. The summed E-state index contributed by atoms with van der Waals surface area (Å²) in [4.78, 5) is 30.9. The number of ether oxygens (including phenoxy) is 3. The number of hydrogen-bond acceptors (Lipinski definition) is 16. The summed E-state index contributed by atoms with van der Waals surface area (Å²) >= 11 is 0. The van der Waals surface area contributed by atoms with Crippen LogP contribution in [0.3, 0.4) is 0 Å². The van der Waals surface area contributed by atoms with Crippen molar-refractivity contribution in [2.75, 3.05) is 6.54 Å². The highest BCUT2D eigenvalue weighted by Gasteiger charge is 2.50. The Kier molecular flexibility index (Phi) is 33.2. The Morgan fingerprint density at radius 1 is 0.744 bits per heavy atom. The van der Waals surface area contributed by atoms with Gasteiger partial charge in [0.05, 0.1) is 54.9 Å². The molecule has 0 amide bonds. The second-order valence-electron chi connectivity index (χ2n) is 23.4. The first kappa shape index (κ1) is 70.6. The Labute approximate surface area is 466 Å². The third-order valence-corrected chi connectivity index (χ3v) is 15.6. The van der Waals surface area contributed by atoms with E-state index in [9.17, 15) is 60.7 Å². The van der Waals surface area contributed by atoms with Gasteiger partial charge >= 0.3 is 11.9 Å². The number of nitrogens with zero attached hydrogens (tertiary/aromatic N) is 1. The van der Waals surface area contributed by atoms with E-state index in [1.54, 1.807) is 65.0 Å². The molecule has 2 aliphatic heterocycles. The molecule has 2 rings (SSSR count). The average Bonchev–Trinajstić information content (AvgIpc) is 3.36. The molecule has 0 aromatic heterocycles. The molecule has 450 valence electrons. The molecule has 2 aliphatic rings. The fraction of sp³-hybridized carbons (Fsp3) is 0.783. The highest BCUT2D eigenvalue weighted by atomic mass is 16.7. The Bertz CT molecular complexity index is 1910. The summed E-state index contributed by atoms with van der Waals surface area (Å²) < 4.78 is 18.1. The van der Waals surface area contributed by atoms with Gasteiger partial charge in [0, 0.05) is 74.8 Å². The molecule has 0 aliphatic carbocycles. The molecule has 0 spiro atoms. The Balaban J connectivity index is 2.45. The van der Waals surface area contributed by atoms with Crippen molar-refractivity contribution in [1.29, 1.82) is 0 Å². The molecule has 0 aromatic rings. The van der Waals surface area contributed by atoms with E-state index in [1.165, 1.54) is 0 Å². The minimum absolute atomic E-state index is 0.0468. The van der Waals surface area contributed by atoms with Crippen LogP contribution in [0.5, 0.6) is 0 Å². The zero-order valence-corrected chi connectivity index (χ0v) is 48.6. The monoisotopic (exact) mass is 1110 g/mol. The maximum atomic E-state index is 13.6. The van der Waals surface area contributed by atoms with Crippen molar-refractivity contribution < 1.29 is 74.9 Å². The van der Waals surface area contributed by atoms with Crippen LogP contribution in [0.2, 0.25) is 0 Å². The molecular weight excluding hydrogens is 1000 g/mol. The molecule has 18 unspecified atom stereocenters. The lowest BCUT2D eigenvalue weighted by Gasteiger charge is -2.45. The van der Waals surface area contributed by atoms with Gasteiger partial charge < -0.3 is 76.7 Å². The molecule has 14 N–H and O–H groups in total. The van der Waals surface area contributed by atoms with Gasteiger partial charge in [-0.05, 0) is 95.0 Å². The number of aliphatic hydroxyl groups excluding tert-OH is 9. The molecule has 18 atom stereocenters. The Morgan fingerprint density at radius 3 is 2.05 bits per heavy atom. The van der Waals surface area contributed by atoms with E-state index in [2.05, 4.69) is 31.0 Å². The highest BCUT2D eigenvalue weighted by molar-refractivity contribution is 5.88. The fourth-order valence-electron chi connectivity index (χ4n) is 10.1. The molecular formula is C60H105N3O15. The van der Waals surface area contributed by atoms with E-state index in [4.69, 9.17) is 25.7 Å². The van der Waals surface area contributed by atoms with Crippen molar-refractivity contribution in [2.45, 2.75) is 257 Å². The topological polar surface area (TPSA) is 329 Å². The Morgan fingerprint density at radius 2 is 1.38 bits per heavy atom. The third-order valence-electron chi connectivity index (χ3n) is 15.6. The summed E-state index contributed by atoms with van der Waals surface area (Å²) in [5, 5.41) is 112. The average molecular weight is 1110 g/mol. The zero-order valence-electron chi connectivity index (χ0n) is 48.6. The predicted molar refractivity (Wildman–Crippen MR) is 303 cm³/mol. The van der Waals surface area contributed by atoms with Gasteiger partial charge in [-0.15, -0.1) is 0 Å². The molecule has 1 saturated heterocycles. The van der Waals surface area contributed by atoms with Crippen molar-refractivity contribution >= 4 is 17.9 Å². The number of guanidine groups is 1. The maximum absolute atomic E-state index is 13.6. The number of hydrogen-bond donors (Lipinski definition) is 12. The standard InChI is InChI=1S/C60H105N3O15/c1-37(2)20-15-16-26-55(72)76-47-31-45(64)30-46(65)32-50(67)38(3)22-18-24-42(7)56(41(6)21-14-12-10-11-13-17-29-63-59(61)62)77-58(74)43(8)25-19-23-39(4)51(68)35-52(69)44(9)49(66)28-27-40(5)54(71)36-60(75)57(73)53(70)34-48(33-47)78-60/h10-11,18-19,22-25,37,39-42,44-54,56-57,64-71,73,75H,12-17,20-21,26-36H2,1-9H3,(H4,61,62,63). The lowest BCUT2D eigenvalue weighted by atomic mass is 9.84. The number of rotatable bonds is 15. The van der Waals surface area contributed by atoms with Crippen molar-refractivity contribution in [3.05, 3.63) is 59.8 Å². The summed E-state index contributed by atoms with van der Waals surface area (Å²) in [6.45, 7) is 17.2. The van der Waals surface area contributed by atoms with E-state index >= 15 is 0 Å². The lowest BCUT2D eigenvalue weighted by Crippen LogP contribution is -2.60. The van der Waals surface area contributed by atoms with Gasteiger partial charge in [-0.2, -0.15) is 0 Å². The van der Waals surface area contributed by atoms with E-state index < -0.39 is 115 Å². The summed E-state index contributed by atoms with van der Waals surface area (Å²) in [6, 6.07) is 0. The number of unbranched alkanes of at least 4 members (excludes halogenated alkanes) is 3. The number of aliphatic imine (C=N–C) groups is 1. The van der Waals surface area contributed by atoms with Gasteiger partial charge in [0.15, 0.2) is 11.7 Å². The first-order valence-corrected chi connectivity index (χ1v) is 29.0. The molecule has 0 aromatic carbocycles. The second kappa shape index (κ2) is 36.7. The number of carbonyl (C=O) groups is 2. The lowest BCUT2D eigenvalue weighted by molar-refractivity contribution is -0.333. The van der Waals surface area contributed by atoms with Crippen molar-refractivity contribution in [3.63, 3.8) is 0 Å². The minimum Gasteiger partial charge on any atom is -0.462 e. The largest absolute Gasteiger partial charge is 0.462 e. The summed E-state index contributed by atoms with van der Waals surface area (Å²) in [5.74, 6) is -4.91. The van der Waals surface area contributed by atoms with Gasteiger partial charge in [-0.1, -0.05) is 110 Å². The van der Waals surface area contributed by atoms with Gasteiger partial charge in [0.2, 0.25) is 0 Å². The van der Waals surface area contributed by atoms with Gasteiger partial charge in [-0.25, -0.2) is 4.79 Å². The normalized spacial score (nSPS) is 35.0. The van der Waals surface area contributed by atoms with Crippen molar-refractivity contribution in [1.82, 2.24) is 0 Å².